The van der Waals surface area contributed by atoms with Crippen LogP contribution in [0.4, 0.5) is 5.82 Å². The van der Waals surface area contributed by atoms with Gasteiger partial charge < -0.3 is 19.6 Å². The third-order valence-corrected chi connectivity index (χ3v) is 2.03. The van der Waals surface area contributed by atoms with Crippen molar-refractivity contribution >= 4 is 35.3 Å². The molecule has 0 aliphatic rings. The van der Waals surface area contributed by atoms with E-state index in [0.717, 1.165) is 4.47 Å². The van der Waals surface area contributed by atoms with Crippen molar-refractivity contribution in [2.45, 2.75) is 0 Å². The van der Waals surface area contributed by atoms with Gasteiger partial charge in [0.05, 0.1) is 17.3 Å². The molecule has 5 nitrogen and oxygen atoms in total. The van der Waals surface area contributed by atoms with Crippen LogP contribution in [0.5, 0.6) is 5.75 Å². The second-order valence-electron chi connectivity index (χ2n) is 2.69. The van der Waals surface area contributed by atoms with E-state index in [1.54, 1.807) is 12.3 Å². The minimum atomic E-state index is 0.225. The molecule has 0 saturated heterocycles. The van der Waals surface area contributed by atoms with Crippen LogP contribution in [0, 0.1) is 6.57 Å². The fraction of sp³-hybridized carbons (Fsp3) is 0.222. The third-order valence-electron chi connectivity index (χ3n) is 1.60. The fourth-order valence-electron chi connectivity index (χ4n) is 0.955. The largest absolute Gasteiger partial charge is 0.501 e. The number of hydrogen-bond donors (Lipinski definition) is 1. The van der Waals surface area contributed by atoms with E-state index in [2.05, 4.69) is 31.0 Å². The molecule has 0 amide bonds. The average Bonchev–Trinajstić information content (AvgIpc) is 2.29. The van der Waals surface area contributed by atoms with Gasteiger partial charge in [0.1, 0.15) is 11.9 Å². The molecule has 1 heterocycles. The maximum Gasteiger partial charge on any atom is 0.311 e. The molecule has 1 rings (SSSR count). The summed E-state index contributed by atoms with van der Waals surface area (Å²) in [5, 5.41) is 2.73. The van der Waals surface area contributed by atoms with E-state index in [1.165, 1.54) is 7.41 Å². The molecule has 0 aliphatic heterocycles. The predicted octanol–water partition coefficient (Wildman–Crippen LogP) is 1.17. The molecular weight excluding hydrogens is 273 g/mol. The normalized spacial score (nSPS) is 9.25. The highest BCUT2D eigenvalue weighted by molar-refractivity contribution is 9.10. The highest BCUT2D eigenvalue weighted by atomic mass is 79.9. The van der Waals surface area contributed by atoms with Crippen LogP contribution in [0.25, 0.3) is 4.85 Å². The molecule has 16 heavy (non-hydrogen) atoms. The Morgan fingerprint density at radius 3 is 3.25 bits per heavy atom. The lowest BCUT2D eigenvalue weighted by molar-refractivity contribution is 0.324. The molecule has 0 unspecified atom stereocenters. The molecule has 0 fully saturated rings. The van der Waals surface area contributed by atoms with Crippen LogP contribution < -0.4 is 9.96 Å². The molecule has 0 aromatic carbocycles. The zero-order chi connectivity index (χ0) is 11.8. The van der Waals surface area contributed by atoms with Gasteiger partial charge in [-0.3, -0.25) is 0 Å². The van der Waals surface area contributed by atoms with Crippen molar-refractivity contribution in [3.63, 3.8) is 0 Å². The minimum Gasteiger partial charge on any atom is -0.501 e. The molecular formula is C9H8BBrN3O2. The Morgan fingerprint density at radius 2 is 2.56 bits per heavy atom. The lowest BCUT2D eigenvalue weighted by Gasteiger charge is -2.07. The standard InChI is InChI=1S/C9H8BBrN3O2/c1-12-9-8(4-7(11)5-13-9)16-3-2-14-10-6-15/h4-6,14H,2-3H2. The van der Waals surface area contributed by atoms with Crippen LogP contribution in [-0.2, 0) is 4.79 Å². The predicted molar refractivity (Wildman–Crippen MR) is 64.2 cm³/mol. The van der Waals surface area contributed by atoms with E-state index in [1.807, 2.05) is 0 Å². The lowest BCUT2D eigenvalue weighted by Crippen LogP contribution is -2.25. The zero-order valence-electron chi connectivity index (χ0n) is 8.31. The lowest BCUT2D eigenvalue weighted by atomic mass is 9.99. The molecule has 0 spiro atoms. The second-order valence-corrected chi connectivity index (χ2v) is 3.61. The number of nitrogens with zero attached hydrogens (tertiary/aromatic N) is 2. The summed E-state index contributed by atoms with van der Waals surface area (Å²) >= 11 is 3.25. The summed E-state index contributed by atoms with van der Waals surface area (Å²) in [7, 11) is 1.29. The first-order valence-electron chi connectivity index (χ1n) is 4.44. The Bertz CT molecular complexity index is 408. The smallest absolute Gasteiger partial charge is 0.311 e. The van der Waals surface area contributed by atoms with Crippen LogP contribution in [0.1, 0.15) is 0 Å². The maximum atomic E-state index is 9.97. The number of rotatable bonds is 6. The molecule has 1 radical (unpaired) electrons. The van der Waals surface area contributed by atoms with Gasteiger partial charge in [-0.15, -0.1) is 4.98 Å². The highest BCUT2D eigenvalue weighted by Crippen LogP contribution is 2.27. The van der Waals surface area contributed by atoms with Crippen molar-refractivity contribution in [1.29, 1.82) is 0 Å². The topological polar surface area (TPSA) is 55.6 Å². The van der Waals surface area contributed by atoms with Crippen LogP contribution >= 0.6 is 15.9 Å². The van der Waals surface area contributed by atoms with Gasteiger partial charge in [-0.05, 0) is 22.0 Å². The monoisotopic (exact) mass is 280 g/mol. The second kappa shape index (κ2) is 6.98. The Morgan fingerprint density at radius 1 is 1.75 bits per heavy atom. The van der Waals surface area contributed by atoms with Gasteiger partial charge in [-0.2, -0.15) is 0 Å². The highest BCUT2D eigenvalue weighted by Gasteiger charge is 2.06. The van der Waals surface area contributed by atoms with Crippen LogP contribution in [0.15, 0.2) is 16.7 Å². The number of halogens is 1. The van der Waals surface area contributed by atoms with Crippen molar-refractivity contribution in [1.82, 2.24) is 10.2 Å². The summed E-state index contributed by atoms with van der Waals surface area (Å²) in [6.45, 7) is 7.74. The van der Waals surface area contributed by atoms with E-state index in [4.69, 9.17) is 11.3 Å². The van der Waals surface area contributed by atoms with Gasteiger partial charge in [0.2, 0.25) is 0 Å². The minimum absolute atomic E-state index is 0.225. The van der Waals surface area contributed by atoms with E-state index in [9.17, 15) is 4.79 Å². The summed E-state index contributed by atoms with van der Waals surface area (Å²) in [5.74, 6) is 0.653. The summed E-state index contributed by atoms with van der Waals surface area (Å²) in [4.78, 5) is 17.1. The Balaban J connectivity index is 2.49. The van der Waals surface area contributed by atoms with Crippen molar-refractivity contribution < 1.29 is 9.53 Å². The van der Waals surface area contributed by atoms with Gasteiger partial charge in [0.25, 0.3) is 7.41 Å². The first-order chi connectivity index (χ1) is 7.77. The first-order valence-corrected chi connectivity index (χ1v) is 5.23. The summed E-state index contributed by atoms with van der Waals surface area (Å²) in [6.07, 6.45) is 2.20. The van der Waals surface area contributed by atoms with E-state index in [0.29, 0.717) is 25.1 Å². The molecule has 0 saturated carbocycles. The summed E-state index contributed by atoms with van der Waals surface area (Å²) < 4.78 is 6.10. The van der Waals surface area contributed by atoms with Crippen LogP contribution in [0.2, 0.25) is 0 Å². The molecule has 1 aromatic rings. The molecule has 0 atom stereocenters. The number of nitrogens with one attached hydrogen (secondary N) is 1. The fourth-order valence-corrected chi connectivity index (χ4v) is 1.27. The molecule has 1 aromatic heterocycles. The molecule has 0 bridgehead atoms. The van der Waals surface area contributed by atoms with E-state index < -0.39 is 0 Å². The SMILES string of the molecule is [C-]#[N+]c1ncc(Br)cc1OCCN[B]C=O. The Kier molecular flexibility index (Phi) is 5.54. The number of carbonyl (C=O) groups is 1. The maximum absolute atomic E-state index is 9.97. The first kappa shape index (κ1) is 12.7. The van der Waals surface area contributed by atoms with Crippen molar-refractivity contribution in [2.24, 2.45) is 0 Å². The van der Waals surface area contributed by atoms with Crippen LogP contribution in [0.3, 0.4) is 0 Å². The van der Waals surface area contributed by atoms with Crippen molar-refractivity contribution in [3.8, 4) is 5.75 Å². The molecule has 81 valence electrons. The van der Waals surface area contributed by atoms with Gasteiger partial charge in [0.15, 0.2) is 0 Å². The summed E-state index contributed by atoms with van der Waals surface area (Å²) in [6, 6.07) is 1.68. The quantitative estimate of drug-likeness (QED) is 0.368. The number of pyridine rings is 1. The molecule has 1 N–H and O–H groups in total. The van der Waals surface area contributed by atoms with E-state index >= 15 is 0 Å². The van der Waals surface area contributed by atoms with Gasteiger partial charge in [-0.1, -0.05) is 6.57 Å². The van der Waals surface area contributed by atoms with Gasteiger partial charge in [-0.25, -0.2) is 0 Å². The summed E-state index contributed by atoms with van der Waals surface area (Å²) in [5.41, 5.74) is 0. The van der Waals surface area contributed by atoms with Gasteiger partial charge in [0, 0.05) is 6.54 Å². The molecule has 0 aliphatic carbocycles. The number of aromatic nitrogens is 1. The number of ether oxygens (including phenoxy) is 1. The Hall–Kier alpha value is -1.39. The van der Waals surface area contributed by atoms with Crippen LogP contribution in [-0.4, -0.2) is 31.7 Å². The average molecular weight is 281 g/mol. The van der Waals surface area contributed by atoms with Crippen molar-refractivity contribution in [2.75, 3.05) is 13.2 Å². The Labute approximate surface area is 102 Å². The third kappa shape index (κ3) is 4.00. The van der Waals surface area contributed by atoms with Gasteiger partial charge >= 0.3 is 5.82 Å². The zero-order valence-corrected chi connectivity index (χ0v) is 9.90. The van der Waals surface area contributed by atoms with Crippen molar-refractivity contribution in [3.05, 3.63) is 28.2 Å². The number of carbonyl (C=O) groups excluding carboxylic acids is 1. The van der Waals surface area contributed by atoms with E-state index in [-0.39, 0.29) is 5.82 Å². The molecule has 7 heteroatoms. The number of hydrogen-bond acceptors (Lipinski definition) is 4.